The topological polar surface area (TPSA) is 20.2 Å². The second-order valence-corrected chi connectivity index (χ2v) is 5.76. The monoisotopic (exact) mass is 258 g/mol. The Bertz CT molecular complexity index is 378. The highest BCUT2D eigenvalue weighted by molar-refractivity contribution is 6.42. The summed E-state index contributed by atoms with van der Waals surface area (Å²) in [7, 11) is 0. The predicted molar refractivity (Wildman–Crippen MR) is 68.3 cm³/mol. The van der Waals surface area contributed by atoms with Crippen molar-refractivity contribution in [2.45, 2.75) is 44.1 Å². The van der Waals surface area contributed by atoms with Gasteiger partial charge in [-0.05, 0) is 56.2 Å². The zero-order valence-corrected chi connectivity index (χ0v) is 10.9. The number of rotatable bonds is 1. The Kier molecular flexibility index (Phi) is 3.48. The molecule has 0 atom stereocenters. The highest BCUT2D eigenvalue weighted by Crippen LogP contribution is 2.39. The lowest BCUT2D eigenvalue weighted by Gasteiger charge is -2.33. The van der Waals surface area contributed by atoms with Gasteiger partial charge >= 0.3 is 0 Å². The Labute approximate surface area is 106 Å². The van der Waals surface area contributed by atoms with Gasteiger partial charge in [-0.15, -0.1) is 0 Å². The minimum atomic E-state index is -0.479. The van der Waals surface area contributed by atoms with Gasteiger partial charge in [-0.3, -0.25) is 0 Å². The van der Waals surface area contributed by atoms with Crippen LogP contribution in [0.5, 0.6) is 0 Å². The molecule has 16 heavy (non-hydrogen) atoms. The molecular formula is C13H16Cl2O. The van der Waals surface area contributed by atoms with Gasteiger partial charge in [0, 0.05) is 0 Å². The quantitative estimate of drug-likeness (QED) is 0.792. The molecule has 2 rings (SSSR count). The zero-order chi connectivity index (χ0) is 11.8. The van der Waals surface area contributed by atoms with Crippen LogP contribution in [0.2, 0.25) is 10.0 Å². The van der Waals surface area contributed by atoms with Crippen molar-refractivity contribution >= 4 is 23.2 Å². The first-order chi connectivity index (χ1) is 7.48. The van der Waals surface area contributed by atoms with Crippen molar-refractivity contribution in [3.8, 4) is 0 Å². The fourth-order valence-electron chi connectivity index (χ4n) is 2.34. The minimum Gasteiger partial charge on any atom is -0.390 e. The molecule has 0 spiro atoms. The summed E-state index contributed by atoms with van der Waals surface area (Å²) in [4.78, 5) is 0. The maximum atomic E-state index is 9.89. The maximum Gasteiger partial charge on any atom is 0.0620 e. The molecule has 1 aromatic carbocycles. The van der Waals surface area contributed by atoms with Crippen LogP contribution in [0.1, 0.15) is 44.1 Å². The van der Waals surface area contributed by atoms with Crippen LogP contribution in [0.3, 0.4) is 0 Å². The van der Waals surface area contributed by atoms with Gasteiger partial charge in [0.1, 0.15) is 0 Å². The van der Waals surface area contributed by atoms with Gasteiger partial charge < -0.3 is 5.11 Å². The molecule has 0 aromatic heterocycles. The summed E-state index contributed by atoms with van der Waals surface area (Å²) in [5.74, 6) is 0.509. The first-order valence-electron chi connectivity index (χ1n) is 5.65. The Morgan fingerprint density at radius 1 is 1.19 bits per heavy atom. The van der Waals surface area contributed by atoms with Crippen LogP contribution >= 0.6 is 23.2 Å². The van der Waals surface area contributed by atoms with Crippen molar-refractivity contribution in [2.24, 2.45) is 0 Å². The molecule has 1 nitrogen and oxygen atoms in total. The summed E-state index contributed by atoms with van der Waals surface area (Å²) in [5, 5.41) is 11.1. The maximum absolute atomic E-state index is 9.89. The number of benzene rings is 1. The molecule has 0 aliphatic heterocycles. The average Bonchev–Trinajstić information content (AvgIpc) is 2.22. The Morgan fingerprint density at radius 3 is 2.38 bits per heavy atom. The van der Waals surface area contributed by atoms with Gasteiger partial charge in [-0.1, -0.05) is 29.3 Å². The molecule has 1 fully saturated rings. The second-order valence-electron chi connectivity index (χ2n) is 4.94. The summed E-state index contributed by atoms with van der Waals surface area (Å²) >= 11 is 11.9. The third-order valence-electron chi connectivity index (χ3n) is 3.48. The summed E-state index contributed by atoms with van der Waals surface area (Å²) in [6.45, 7) is 1.91. The van der Waals surface area contributed by atoms with Crippen LogP contribution in [0, 0.1) is 0 Å². The summed E-state index contributed by atoms with van der Waals surface area (Å²) in [5.41, 5.74) is 0.761. The highest BCUT2D eigenvalue weighted by atomic mass is 35.5. The van der Waals surface area contributed by atoms with Crippen molar-refractivity contribution < 1.29 is 5.11 Å². The smallest absolute Gasteiger partial charge is 0.0620 e. The number of hydrogen-bond donors (Lipinski definition) is 1. The van der Waals surface area contributed by atoms with E-state index in [0.29, 0.717) is 16.0 Å². The fraction of sp³-hybridized carbons (Fsp3) is 0.538. The minimum absolute atomic E-state index is 0.479. The third kappa shape index (κ3) is 2.71. The van der Waals surface area contributed by atoms with Crippen LogP contribution in [0.25, 0.3) is 0 Å². The Hall–Kier alpha value is -0.240. The molecule has 0 amide bonds. The molecule has 1 N–H and O–H groups in total. The van der Waals surface area contributed by atoms with Crippen LogP contribution < -0.4 is 0 Å². The molecule has 1 aliphatic rings. The van der Waals surface area contributed by atoms with Crippen LogP contribution in [0.4, 0.5) is 0 Å². The van der Waals surface area contributed by atoms with Gasteiger partial charge in [0.05, 0.1) is 15.6 Å². The molecule has 0 saturated heterocycles. The number of halogens is 2. The van der Waals surface area contributed by atoms with E-state index in [1.165, 1.54) is 5.56 Å². The lowest BCUT2D eigenvalue weighted by Crippen LogP contribution is -2.29. The molecule has 3 heteroatoms. The molecule has 0 radical (unpaired) electrons. The summed E-state index contributed by atoms with van der Waals surface area (Å²) in [6.07, 6.45) is 3.76. The van der Waals surface area contributed by atoms with E-state index in [4.69, 9.17) is 23.2 Å². The first kappa shape index (κ1) is 12.2. The van der Waals surface area contributed by atoms with Crippen molar-refractivity contribution in [3.05, 3.63) is 33.8 Å². The van der Waals surface area contributed by atoms with E-state index in [2.05, 4.69) is 0 Å². The molecule has 1 aromatic rings. The Morgan fingerprint density at radius 2 is 1.81 bits per heavy atom. The SMILES string of the molecule is CC1(O)CCC(c2ccc(Cl)c(Cl)c2)CC1. The Balaban J connectivity index is 2.11. The molecule has 1 aliphatic carbocycles. The van der Waals surface area contributed by atoms with Crippen LogP contribution in [-0.2, 0) is 0 Å². The normalized spacial score (nSPS) is 30.4. The van der Waals surface area contributed by atoms with Gasteiger partial charge in [0.2, 0.25) is 0 Å². The standard InChI is InChI=1S/C13H16Cl2O/c1-13(16)6-4-9(5-7-13)10-2-3-11(14)12(15)8-10/h2-3,8-9,16H,4-7H2,1H3. The van der Waals surface area contributed by atoms with E-state index in [9.17, 15) is 5.11 Å². The third-order valence-corrected chi connectivity index (χ3v) is 4.22. The number of hydrogen-bond acceptors (Lipinski definition) is 1. The fourth-order valence-corrected chi connectivity index (χ4v) is 2.65. The molecule has 0 heterocycles. The van der Waals surface area contributed by atoms with Crippen LogP contribution in [0.15, 0.2) is 18.2 Å². The van der Waals surface area contributed by atoms with Crippen molar-refractivity contribution in [2.75, 3.05) is 0 Å². The van der Waals surface area contributed by atoms with Gasteiger partial charge in [0.15, 0.2) is 0 Å². The molecule has 0 unspecified atom stereocenters. The van der Waals surface area contributed by atoms with Gasteiger partial charge in [-0.2, -0.15) is 0 Å². The molecular weight excluding hydrogens is 243 g/mol. The average molecular weight is 259 g/mol. The number of aliphatic hydroxyl groups is 1. The molecule has 88 valence electrons. The molecule has 1 saturated carbocycles. The lowest BCUT2D eigenvalue weighted by molar-refractivity contribution is 0.0172. The van der Waals surface area contributed by atoms with Crippen LogP contribution in [-0.4, -0.2) is 10.7 Å². The first-order valence-corrected chi connectivity index (χ1v) is 6.41. The van der Waals surface area contributed by atoms with E-state index in [-0.39, 0.29) is 0 Å². The zero-order valence-electron chi connectivity index (χ0n) is 9.34. The predicted octanol–water partition coefficient (Wildman–Crippen LogP) is 4.40. The van der Waals surface area contributed by atoms with Gasteiger partial charge in [-0.25, -0.2) is 0 Å². The van der Waals surface area contributed by atoms with Crippen molar-refractivity contribution in [1.82, 2.24) is 0 Å². The summed E-state index contributed by atoms with van der Waals surface area (Å²) in [6, 6.07) is 5.85. The largest absolute Gasteiger partial charge is 0.390 e. The van der Waals surface area contributed by atoms with E-state index >= 15 is 0 Å². The second kappa shape index (κ2) is 4.56. The van der Waals surface area contributed by atoms with E-state index < -0.39 is 5.60 Å². The van der Waals surface area contributed by atoms with Crippen molar-refractivity contribution in [3.63, 3.8) is 0 Å². The lowest BCUT2D eigenvalue weighted by atomic mass is 9.77. The van der Waals surface area contributed by atoms with Gasteiger partial charge in [0.25, 0.3) is 0 Å². The van der Waals surface area contributed by atoms with E-state index in [0.717, 1.165) is 25.7 Å². The summed E-state index contributed by atoms with van der Waals surface area (Å²) < 4.78 is 0. The molecule has 0 bridgehead atoms. The van der Waals surface area contributed by atoms with Crippen molar-refractivity contribution in [1.29, 1.82) is 0 Å². The van der Waals surface area contributed by atoms with E-state index in [1.807, 2.05) is 25.1 Å². The highest BCUT2D eigenvalue weighted by Gasteiger charge is 2.29. The van der Waals surface area contributed by atoms with E-state index in [1.54, 1.807) is 0 Å².